The minimum atomic E-state index is 0.641. The number of hydrogen-bond acceptors (Lipinski definition) is 4. The highest BCUT2D eigenvalue weighted by atomic mass is 79.9. The van der Waals surface area contributed by atoms with Gasteiger partial charge in [0.2, 0.25) is 0 Å². The van der Waals surface area contributed by atoms with Crippen molar-refractivity contribution in [1.29, 1.82) is 0 Å². The Labute approximate surface area is 111 Å². The van der Waals surface area contributed by atoms with Crippen molar-refractivity contribution in [3.8, 4) is 17.0 Å². The molecule has 0 aliphatic heterocycles. The molecule has 0 unspecified atom stereocenters. The molecule has 0 atom stereocenters. The van der Waals surface area contributed by atoms with Gasteiger partial charge >= 0.3 is 0 Å². The molecule has 1 N–H and O–H groups in total. The van der Waals surface area contributed by atoms with Crippen LogP contribution in [0.2, 0.25) is 0 Å². The molecule has 3 rings (SSSR count). The molecule has 5 nitrogen and oxygen atoms in total. The number of methoxy groups -OCH3 is 1. The monoisotopic (exact) mass is 304 g/mol. The van der Waals surface area contributed by atoms with E-state index < -0.39 is 0 Å². The van der Waals surface area contributed by atoms with Crippen LogP contribution in [0.15, 0.2) is 35.2 Å². The zero-order valence-corrected chi connectivity index (χ0v) is 11.1. The lowest BCUT2D eigenvalue weighted by Gasteiger charge is -2.07. The van der Waals surface area contributed by atoms with Gasteiger partial charge < -0.3 is 4.74 Å². The summed E-state index contributed by atoms with van der Waals surface area (Å²) in [6.45, 7) is 0. The van der Waals surface area contributed by atoms with Gasteiger partial charge in [-0.1, -0.05) is 15.9 Å². The fourth-order valence-corrected chi connectivity index (χ4v) is 2.20. The van der Waals surface area contributed by atoms with Crippen LogP contribution in [-0.4, -0.2) is 27.3 Å². The molecule has 18 heavy (non-hydrogen) atoms. The van der Waals surface area contributed by atoms with E-state index >= 15 is 0 Å². The molecular formula is C12H9BrN4O. The molecule has 2 aromatic heterocycles. The summed E-state index contributed by atoms with van der Waals surface area (Å²) < 4.78 is 6.33. The first-order chi connectivity index (χ1) is 8.79. The van der Waals surface area contributed by atoms with Crippen molar-refractivity contribution >= 4 is 27.0 Å². The van der Waals surface area contributed by atoms with Gasteiger partial charge in [0.1, 0.15) is 12.1 Å². The molecule has 0 aliphatic rings. The number of benzene rings is 1. The molecule has 0 bridgehead atoms. The molecule has 0 radical (unpaired) electrons. The Hall–Kier alpha value is -1.95. The molecule has 0 saturated heterocycles. The van der Waals surface area contributed by atoms with Crippen LogP contribution < -0.4 is 4.74 Å². The van der Waals surface area contributed by atoms with Crippen LogP contribution in [0.1, 0.15) is 0 Å². The lowest BCUT2D eigenvalue weighted by Crippen LogP contribution is -1.89. The van der Waals surface area contributed by atoms with E-state index in [2.05, 4.69) is 36.1 Å². The highest BCUT2D eigenvalue weighted by Gasteiger charge is 2.13. The minimum absolute atomic E-state index is 0.641. The SMILES string of the molecule is COc1ccc(Br)cc1-c1[nH]nc2ncncc12. The van der Waals surface area contributed by atoms with E-state index in [0.717, 1.165) is 26.9 Å². The third-order valence-electron chi connectivity index (χ3n) is 2.67. The summed E-state index contributed by atoms with van der Waals surface area (Å²) in [6, 6.07) is 5.80. The van der Waals surface area contributed by atoms with Gasteiger partial charge in [0, 0.05) is 16.2 Å². The normalized spacial score (nSPS) is 10.8. The topological polar surface area (TPSA) is 63.7 Å². The summed E-state index contributed by atoms with van der Waals surface area (Å²) in [5, 5.41) is 8.00. The van der Waals surface area contributed by atoms with Crippen molar-refractivity contribution < 1.29 is 4.74 Å². The van der Waals surface area contributed by atoms with Crippen LogP contribution in [0.25, 0.3) is 22.3 Å². The first-order valence-electron chi connectivity index (χ1n) is 5.27. The number of ether oxygens (including phenoxy) is 1. The number of nitrogens with zero attached hydrogens (tertiary/aromatic N) is 3. The summed E-state index contributed by atoms with van der Waals surface area (Å²) in [7, 11) is 1.64. The number of rotatable bonds is 2. The summed E-state index contributed by atoms with van der Waals surface area (Å²) in [4.78, 5) is 8.12. The van der Waals surface area contributed by atoms with Gasteiger partial charge in [-0.05, 0) is 18.2 Å². The van der Waals surface area contributed by atoms with Crippen molar-refractivity contribution in [3.63, 3.8) is 0 Å². The molecule has 90 valence electrons. The molecule has 0 fully saturated rings. The van der Waals surface area contributed by atoms with Crippen molar-refractivity contribution in [2.75, 3.05) is 7.11 Å². The highest BCUT2D eigenvalue weighted by Crippen LogP contribution is 2.34. The average Bonchev–Trinajstić information content (AvgIpc) is 2.82. The van der Waals surface area contributed by atoms with E-state index in [1.54, 1.807) is 13.3 Å². The molecule has 1 aromatic carbocycles. The van der Waals surface area contributed by atoms with E-state index in [1.165, 1.54) is 6.33 Å². The fourth-order valence-electron chi connectivity index (χ4n) is 1.84. The van der Waals surface area contributed by atoms with Crippen LogP contribution >= 0.6 is 15.9 Å². The fraction of sp³-hybridized carbons (Fsp3) is 0.0833. The van der Waals surface area contributed by atoms with Gasteiger partial charge in [0.05, 0.1) is 18.2 Å². The van der Waals surface area contributed by atoms with Gasteiger partial charge in [-0.3, -0.25) is 5.10 Å². The number of hydrogen-bond donors (Lipinski definition) is 1. The maximum atomic E-state index is 5.36. The predicted molar refractivity (Wildman–Crippen MR) is 71.4 cm³/mol. The van der Waals surface area contributed by atoms with E-state index in [9.17, 15) is 0 Å². The quantitative estimate of drug-likeness (QED) is 0.791. The number of halogens is 1. The Morgan fingerprint density at radius 3 is 3.06 bits per heavy atom. The number of aromatic nitrogens is 4. The van der Waals surface area contributed by atoms with Gasteiger partial charge in [0.15, 0.2) is 5.65 Å². The number of nitrogens with one attached hydrogen (secondary N) is 1. The van der Waals surface area contributed by atoms with Crippen molar-refractivity contribution in [2.45, 2.75) is 0 Å². The van der Waals surface area contributed by atoms with E-state index in [0.29, 0.717) is 5.65 Å². The number of H-pyrrole nitrogens is 1. The van der Waals surface area contributed by atoms with Crippen molar-refractivity contribution in [3.05, 3.63) is 35.2 Å². The third kappa shape index (κ3) is 1.74. The first kappa shape index (κ1) is 11.2. The van der Waals surface area contributed by atoms with Gasteiger partial charge in [-0.25, -0.2) is 9.97 Å². The maximum absolute atomic E-state index is 5.36. The summed E-state index contributed by atoms with van der Waals surface area (Å²) in [5.41, 5.74) is 2.41. The van der Waals surface area contributed by atoms with Crippen molar-refractivity contribution in [2.24, 2.45) is 0 Å². The second-order valence-electron chi connectivity index (χ2n) is 3.70. The molecule has 2 heterocycles. The van der Waals surface area contributed by atoms with Crippen LogP contribution in [-0.2, 0) is 0 Å². The Morgan fingerprint density at radius 1 is 1.33 bits per heavy atom. The Bertz CT molecular complexity index is 710. The van der Waals surface area contributed by atoms with E-state index in [4.69, 9.17) is 4.74 Å². The molecule has 6 heteroatoms. The molecular weight excluding hydrogens is 296 g/mol. The highest BCUT2D eigenvalue weighted by molar-refractivity contribution is 9.10. The van der Waals surface area contributed by atoms with Crippen LogP contribution in [0.3, 0.4) is 0 Å². The predicted octanol–water partition coefficient (Wildman–Crippen LogP) is 2.79. The second kappa shape index (κ2) is 4.38. The largest absolute Gasteiger partial charge is 0.496 e. The van der Waals surface area contributed by atoms with Crippen LogP contribution in [0, 0.1) is 0 Å². The minimum Gasteiger partial charge on any atom is -0.496 e. The van der Waals surface area contributed by atoms with E-state index in [-0.39, 0.29) is 0 Å². The van der Waals surface area contributed by atoms with Crippen LogP contribution in [0.4, 0.5) is 0 Å². The maximum Gasteiger partial charge on any atom is 0.184 e. The van der Waals surface area contributed by atoms with Gasteiger partial charge in [-0.2, -0.15) is 5.10 Å². The lowest BCUT2D eigenvalue weighted by atomic mass is 10.1. The van der Waals surface area contributed by atoms with Crippen molar-refractivity contribution in [1.82, 2.24) is 20.2 Å². The summed E-state index contributed by atoms with van der Waals surface area (Å²) >= 11 is 3.45. The standard InChI is InChI=1S/C12H9BrN4O/c1-18-10-3-2-7(13)4-8(10)11-9-5-14-6-15-12(9)17-16-11/h2-6H,1H3,(H,14,15,16,17). The lowest BCUT2D eigenvalue weighted by molar-refractivity contribution is 0.416. The Kier molecular flexibility index (Phi) is 2.71. The summed E-state index contributed by atoms with van der Waals surface area (Å²) in [6.07, 6.45) is 3.21. The Balaban J connectivity index is 2.29. The van der Waals surface area contributed by atoms with Gasteiger partial charge in [0.25, 0.3) is 0 Å². The smallest absolute Gasteiger partial charge is 0.184 e. The molecule has 0 spiro atoms. The zero-order valence-electron chi connectivity index (χ0n) is 9.51. The first-order valence-corrected chi connectivity index (χ1v) is 6.07. The molecule has 3 aromatic rings. The second-order valence-corrected chi connectivity index (χ2v) is 4.62. The van der Waals surface area contributed by atoms with Gasteiger partial charge in [-0.15, -0.1) is 0 Å². The van der Waals surface area contributed by atoms with E-state index in [1.807, 2.05) is 18.2 Å². The number of fused-ring (bicyclic) bond motifs is 1. The summed E-state index contributed by atoms with van der Waals surface area (Å²) in [5.74, 6) is 0.771. The number of aromatic amines is 1. The zero-order chi connectivity index (χ0) is 12.5. The van der Waals surface area contributed by atoms with Crippen LogP contribution in [0.5, 0.6) is 5.75 Å². The molecule has 0 amide bonds. The molecule has 0 saturated carbocycles. The third-order valence-corrected chi connectivity index (χ3v) is 3.16. The molecule has 0 aliphatic carbocycles. The average molecular weight is 305 g/mol. The Morgan fingerprint density at radius 2 is 2.22 bits per heavy atom.